The van der Waals surface area contributed by atoms with Crippen LogP contribution in [0.1, 0.15) is 6.92 Å². The zero-order valence-corrected chi connectivity index (χ0v) is 6.82. The molecule has 0 radical (unpaired) electrons. The number of halogens is 1. The van der Waals surface area contributed by atoms with Gasteiger partial charge in [0.15, 0.2) is 0 Å². The Morgan fingerprint density at radius 3 is 1.50 bits per heavy atom. The van der Waals surface area contributed by atoms with Crippen LogP contribution in [0, 0.1) is 0 Å². The van der Waals surface area contributed by atoms with Crippen LogP contribution in [-0.2, 0) is 0 Å². The normalized spacial score (nSPS) is 14.4. The lowest BCUT2D eigenvalue weighted by atomic mass is 10.5. The number of alkyl halides is 1. The van der Waals surface area contributed by atoms with Gasteiger partial charge in [0.1, 0.15) is 5.01 Å². The van der Waals surface area contributed by atoms with E-state index in [0.29, 0.717) is 0 Å². The molecule has 2 atom stereocenters. The van der Waals surface area contributed by atoms with E-state index < -0.39 is 17.3 Å². The summed E-state index contributed by atoms with van der Waals surface area (Å²) in [5.41, 5.74) is 0. The molecule has 0 amide bonds. The van der Waals surface area contributed by atoms with Gasteiger partial charge in [0.2, 0.25) is 0 Å². The van der Waals surface area contributed by atoms with E-state index in [-0.39, 0.29) is 0 Å². The molecule has 0 aromatic carbocycles. The summed E-state index contributed by atoms with van der Waals surface area (Å²) in [6.07, 6.45) is -2.51. The minimum Gasteiger partial charge on any atom is -0.450 e. The quantitative estimate of drug-likeness (QED) is 0.473. The number of carboxylic acid groups (broad SMARTS) is 2. The molecular formula is C4H9BrO5. The summed E-state index contributed by atoms with van der Waals surface area (Å²) in [6.45, 7) is 1.50. The molecule has 0 saturated heterocycles. The van der Waals surface area contributed by atoms with Crippen molar-refractivity contribution < 1.29 is 25.2 Å². The van der Waals surface area contributed by atoms with Crippen molar-refractivity contribution in [3.63, 3.8) is 0 Å². The van der Waals surface area contributed by atoms with Gasteiger partial charge in [-0.25, -0.2) is 4.79 Å². The molecule has 0 spiro atoms. The van der Waals surface area contributed by atoms with Gasteiger partial charge >= 0.3 is 6.16 Å². The lowest BCUT2D eigenvalue weighted by Gasteiger charge is -2.01. The Kier molecular flexibility index (Phi) is 8.38. The molecule has 0 fully saturated rings. The van der Waals surface area contributed by atoms with Crippen molar-refractivity contribution in [2.75, 3.05) is 0 Å². The van der Waals surface area contributed by atoms with E-state index in [1.807, 2.05) is 0 Å². The topological polar surface area (TPSA) is 98.0 Å². The third-order valence-corrected chi connectivity index (χ3v) is 1.16. The maximum Gasteiger partial charge on any atom is 0.503 e. The average molecular weight is 217 g/mol. The summed E-state index contributed by atoms with van der Waals surface area (Å²) >= 11 is 2.74. The Balaban J connectivity index is 0. The van der Waals surface area contributed by atoms with E-state index in [1.54, 1.807) is 0 Å². The summed E-state index contributed by atoms with van der Waals surface area (Å²) < 4.78 is 0. The Hall–Kier alpha value is -0.330. The Morgan fingerprint density at radius 2 is 1.50 bits per heavy atom. The van der Waals surface area contributed by atoms with Crippen LogP contribution in [0.25, 0.3) is 0 Å². The van der Waals surface area contributed by atoms with Gasteiger partial charge in [0, 0.05) is 0 Å². The molecule has 0 heterocycles. The summed E-state index contributed by atoms with van der Waals surface area (Å²) in [5, 5.41) is 29.8. The van der Waals surface area contributed by atoms with Crippen molar-refractivity contribution in [3.05, 3.63) is 0 Å². The number of rotatable bonds is 1. The fraction of sp³-hybridized carbons (Fsp3) is 0.750. The smallest absolute Gasteiger partial charge is 0.450 e. The first-order valence-corrected chi connectivity index (χ1v) is 3.21. The van der Waals surface area contributed by atoms with Crippen molar-refractivity contribution >= 4 is 22.1 Å². The van der Waals surface area contributed by atoms with Crippen molar-refractivity contribution in [2.45, 2.75) is 18.0 Å². The number of hydrogen-bond acceptors (Lipinski definition) is 3. The number of aliphatic hydroxyl groups excluding tert-OH is 2. The highest BCUT2D eigenvalue weighted by Gasteiger charge is 2.02. The molecule has 0 aromatic rings. The highest BCUT2D eigenvalue weighted by molar-refractivity contribution is 9.09. The standard InChI is InChI=1S/C3H7BrO2.CH2O3/c1-2(5)3(4)6;2-1(3)4/h2-3,5-6H,1H3;(H2,2,3,4). The molecule has 62 valence electrons. The molecule has 5 nitrogen and oxygen atoms in total. The van der Waals surface area contributed by atoms with Crippen LogP contribution in [0.3, 0.4) is 0 Å². The van der Waals surface area contributed by atoms with Crippen molar-refractivity contribution in [3.8, 4) is 0 Å². The van der Waals surface area contributed by atoms with Crippen LogP contribution in [0.5, 0.6) is 0 Å². The molecule has 0 bridgehead atoms. The molecule has 4 N–H and O–H groups in total. The number of carbonyl (C=O) groups is 1. The summed E-state index contributed by atoms with van der Waals surface area (Å²) in [5.74, 6) is 0. The number of aliphatic hydroxyl groups is 2. The molecule has 6 heteroatoms. The molecular weight excluding hydrogens is 208 g/mol. The minimum absolute atomic E-state index is 0.676. The molecule has 10 heavy (non-hydrogen) atoms. The molecule has 2 unspecified atom stereocenters. The highest BCUT2D eigenvalue weighted by Crippen LogP contribution is 1.97. The zero-order chi connectivity index (χ0) is 8.73. The number of hydrogen-bond donors (Lipinski definition) is 4. The van der Waals surface area contributed by atoms with E-state index in [0.717, 1.165) is 0 Å². The second-order valence-corrected chi connectivity index (χ2v) is 2.33. The first-order chi connectivity index (χ1) is 4.37. The van der Waals surface area contributed by atoms with Crippen molar-refractivity contribution in [2.24, 2.45) is 0 Å². The summed E-state index contributed by atoms with van der Waals surface area (Å²) in [6, 6.07) is 0. The van der Waals surface area contributed by atoms with Crippen molar-refractivity contribution in [1.82, 2.24) is 0 Å². The maximum atomic E-state index is 8.56. The van der Waals surface area contributed by atoms with Gasteiger partial charge in [-0.1, -0.05) is 15.9 Å². The maximum absolute atomic E-state index is 8.56. The minimum atomic E-state index is -1.83. The van der Waals surface area contributed by atoms with Gasteiger partial charge in [-0.3, -0.25) is 0 Å². The molecule has 0 aliphatic carbocycles. The second kappa shape index (κ2) is 6.79. The molecule has 0 rings (SSSR count). The van der Waals surface area contributed by atoms with Gasteiger partial charge in [-0.2, -0.15) is 0 Å². The monoisotopic (exact) mass is 216 g/mol. The zero-order valence-electron chi connectivity index (χ0n) is 5.23. The average Bonchev–Trinajstić information content (AvgIpc) is 1.63. The van der Waals surface area contributed by atoms with Gasteiger partial charge < -0.3 is 20.4 Å². The second-order valence-electron chi connectivity index (χ2n) is 1.40. The van der Waals surface area contributed by atoms with Gasteiger partial charge in [0.25, 0.3) is 0 Å². The van der Waals surface area contributed by atoms with Crippen molar-refractivity contribution in [1.29, 1.82) is 0 Å². The van der Waals surface area contributed by atoms with E-state index >= 15 is 0 Å². The SMILES string of the molecule is CC(O)C(O)Br.O=C(O)O. The van der Waals surface area contributed by atoms with Gasteiger partial charge in [0.05, 0.1) is 6.10 Å². The predicted molar refractivity (Wildman–Crippen MR) is 37.3 cm³/mol. The lowest BCUT2D eigenvalue weighted by Crippen LogP contribution is -2.13. The lowest BCUT2D eigenvalue weighted by molar-refractivity contribution is 0.0915. The van der Waals surface area contributed by atoms with E-state index in [4.69, 9.17) is 25.2 Å². The van der Waals surface area contributed by atoms with Gasteiger partial charge in [-0.15, -0.1) is 0 Å². The Morgan fingerprint density at radius 1 is 1.40 bits per heavy atom. The fourth-order valence-electron chi connectivity index (χ4n) is 0. The third-order valence-electron chi connectivity index (χ3n) is 0.398. The summed E-state index contributed by atoms with van der Waals surface area (Å²) in [4.78, 5) is 8.56. The van der Waals surface area contributed by atoms with E-state index in [1.165, 1.54) is 6.92 Å². The van der Waals surface area contributed by atoms with Crippen LogP contribution in [-0.4, -0.2) is 37.7 Å². The Bertz CT molecular complexity index is 81.6. The summed E-state index contributed by atoms with van der Waals surface area (Å²) in [7, 11) is 0. The van der Waals surface area contributed by atoms with Gasteiger partial charge in [-0.05, 0) is 6.92 Å². The highest BCUT2D eigenvalue weighted by atomic mass is 79.9. The Labute approximate surface area is 66.0 Å². The molecule has 0 aromatic heterocycles. The third kappa shape index (κ3) is 25.3. The van der Waals surface area contributed by atoms with Crippen LogP contribution in [0.15, 0.2) is 0 Å². The molecule has 0 saturated carbocycles. The largest absolute Gasteiger partial charge is 0.503 e. The molecule has 0 aliphatic heterocycles. The predicted octanol–water partition coefficient (Wildman–Crippen LogP) is 0.303. The first kappa shape index (κ1) is 12.4. The van der Waals surface area contributed by atoms with Crippen LogP contribution in [0.4, 0.5) is 4.79 Å². The van der Waals surface area contributed by atoms with Crippen LogP contribution in [0.2, 0.25) is 0 Å². The fourth-order valence-corrected chi connectivity index (χ4v) is 0. The van der Waals surface area contributed by atoms with E-state index in [2.05, 4.69) is 15.9 Å². The van der Waals surface area contributed by atoms with E-state index in [9.17, 15) is 0 Å². The van der Waals surface area contributed by atoms with Crippen LogP contribution >= 0.6 is 15.9 Å². The van der Waals surface area contributed by atoms with Crippen LogP contribution < -0.4 is 0 Å². The molecule has 0 aliphatic rings. The first-order valence-electron chi connectivity index (χ1n) is 2.30.